The van der Waals surface area contributed by atoms with Crippen LogP contribution in [0.15, 0.2) is 12.3 Å². The van der Waals surface area contributed by atoms with Crippen molar-refractivity contribution in [2.75, 3.05) is 5.32 Å². The van der Waals surface area contributed by atoms with Gasteiger partial charge in [-0.2, -0.15) is 0 Å². The van der Waals surface area contributed by atoms with E-state index in [0.717, 1.165) is 35.3 Å². The average molecular weight is 243 g/mol. The SMILES string of the molecule is Cc1ccnc(N[C@@H]2C[C@H]3C[C@H]2[C@@H]2CCC[C@@H]32)n1. The van der Waals surface area contributed by atoms with Gasteiger partial charge in [0.1, 0.15) is 0 Å². The van der Waals surface area contributed by atoms with Crippen LogP contribution in [0.4, 0.5) is 5.95 Å². The number of fused-ring (bicyclic) bond motifs is 5. The van der Waals surface area contributed by atoms with Crippen molar-refractivity contribution in [1.82, 2.24) is 9.97 Å². The van der Waals surface area contributed by atoms with Gasteiger partial charge in [-0.3, -0.25) is 0 Å². The summed E-state index contributed by atoms with van der Waals surface area (Å²) in [7, 11) is 0. The summed E-state index contributed by atoms with van der Waals surface area (Å²) in [6.45, 7) is 2.03. The quantitative estimate of drug-likeness (QED) is 0.867. The predicted octanol–water partition coefficient (Wildman–Crippen LogP) is 3.02. The molecule has 3 saturated carbocycles. The van der Waals surface area contributed by atoms with Gasteiger partial charge in [0.05, 0.1) is 0 Å². The lowest BCUT2D eigenvalue weighted by molar-refractivity contribution is 0.243. The molecule has 3 heteroatoms. The smallest absolute Gasteiger partial charge is 0.223 e. The van der Waals surface area contributed by atoms with Crippen molar-refractivity contribution < 1.29 is 0 Å². The van der Waals surface area contributed by atoms with E-state index in [1.54, 1.807) is 0 Å². The van der Waals surface area contributed by atoms with Gasteiger partial charge < -0.3 is 5.32 Å². The van der Waals surface area contributed by atoms with Crippen LogP contribution < -0.4 is 5.32 Å². The molecule has 0 unspecified atom stereocenters. The number of nitrogens with one attached hydrogen (secondary N) is 1. The van der Waals surface area contributed by atoms with Crippen LogP contribution in [-0.2, 0) is 0 Å². The van der Waals surface area contributed by atoms with Gasteiger partial charge in [0.15, 0.2) is 0 Å². The minimum atomic E-state index is 0.635. The van der Waals surface area contributed by atoms with Crippen LogP contribution in [0.3, 0.4) is 0 Å². The van der Waals surface area contributed by atoms with Crippen LogP contribution in [0.2, 0.25) is 0 Å². The minimum Gasteiger partial charge on any atom is -0.351 e. The highest BCUT2D eigenvalue weighted by molar-refractivity contribution is 5.29. The number of hydrogen-bond donors (Lipinski definition) is 1. The molecule has 0 saturated heterocycles. The maximum Gasteiger partial charge on any atom is 0.223 e. The lowest BCUT2D eigenvalue weighted by Gasteiger charge is -2.32. The Hall–Kier alpha value is -1.12. The van der Waals surface area contributed by atoms with Gasteiger partial charge in [-0.05, 0) is 62.3 Å². The molecule has 2 bridgehead atoms. The third kappa shape index (κ3) is 1.56. The molecular weight excluding hydrogens is 222 g/mol. The van der Waals surface area contributed by atoms with Gasteiger partial charge in [-0.1, -0.05) is 6.42 Å². The monoisotopic (exact) mass is 243 g/mol. The zero-order valence-corrected chi connectivity index (χ0v) is 11.0. The molecule has 18 heavy (non-hydrogen) atoms. The Labute approximate surface area is 108 Å². The summed E-state index contributed by atoms with van der Waals surface area (Å²) in [6, 6.07) is 2.59. The molecule has 1 heterocycles. The molecule has 4 rings (SSSR count). The molecule has 0 aliphatic heterocycles. The molecule has 0 aromatic carbocycles. The molecule has 0 spiro atoms. The summed E-state index contributed by atoms with van der Waals surface area (Å²) in [5.74, 6) is 4.79. The van der Waals surface area contributed by atoms with E-state index in [2.05, 4.69) is 15.3 Å². The standard InChI is InChI=1S/C15H21N3/c1-9-5-6-16-15(17-9)18-14-8-10-7-13(14)12-4-2-3-11(10)12/h5-6,10-14H,2-4,7-8H2,1H3,(H,16,17,18)/t10-,11+,12-,13+,14-/m1/s1. The second kappa shape index (κ2) is 3.94. The zero-order valence-electron chi connectivity index (χ0n) is 11.0. The van der Waals surface area contributed by atoms with Crippen LogP contribution >= 0.6 is 0 Å². The normalized spacial score (nSPS) is 41.1. The van der Waals surface area contributed by atoms with Gasteiger partial charge in [0.2, 0.25) is 5.95 Å². The first kappa shape index (κ1) is 10.8. The molecular formula is C15H21N3. The summed E-state index contributed by atoms with van der Waals surface area (Å²) in [5.41, 5.74) is 1.05. The first-order valence-corrected chi connectivity index (χ1v) is 7.37. The van der Waals surface area contributed by atoms with Crippen LogP contribution in [0, 0.1) is 30.6 Å². The van der Waals surface area contributed by atoms with Gasteiger partial charge in [-0.15, -0.1) is 0 Å². The minimum absolute atomic E-state index is 0.635. The van der Waals surface area contributed by atoms with Gasteiger partial charge in [-0.25, -0.2) is 9.97 Å². The molecule has 3 aliphatic carbocycles. The number of anilines is 1. The van der Waals surface area contributed by atoms with E-state index < -0.39 is 0 Å². The van der Waals surface area contributed by atoms with Crippen molar-refractivity contribution in [3.05, 3.63) is 18.0 Å². The second-order valence-corrected chi connectivity index (χ2v) is 6.43. The van der Waals surface area contributed by atoms with Crippen LogP contribution in [-0.4, -0.2) is 16.0 Å². The van der Waals surface area contributed by atoms with E-state index in [1.165, 1.54) is 32.1 Å². The Balaban J connectivity index is 1.51. The van der Waals surface area contributed by atoms with Crippen molar-refractivity contribution in [3.63, 3.8) is 0 Å². The summed E-state index contributed by atoms with van der Waals surface area (Å²) in [5, 5.41) is 3.60. The Morgan fingerprint density at radius 3 is 2.94 bits per heavy atom. The lowest BCUT2D eigenvalue weighted by atomic mass is 9.79. The Morgan fingerprint density at radius 2 is 2.06 bits per heavy atom. The van der Waals surface area contributed by atoms with Gasteiger partial charge >= 0.3 is 0 Å². The largest absolute Gasteiger partial charge is 0.351 e. The summed E-state index contributed by atoms with van der Waals surface area (Å²) >= 11 is 0. The summed E-state index contributed by atoms with van der Waals surface area (Å²) < 4.78 is 0. The molecule has 3 nitrogen and oxygen atoms in total. The predicted molar refractivity (Wildman–Crippen MR) is 71.2 cm³/mol. The number of aryl methyl sites for hydroxylation is 1. The molecule has 96 valence electrons. The van der Waals surface area contributed by atoms with E-state index in [-0.39, 0.29) is 0 Å². The van der Waals surface area contributed by atoms with Crippen molar-refractivity contribution in [3.8, 4) is 0 Å². The first-order chi connectivity index (χ1) is 8.81. The highest BCUT2D eigenvalue weighted by Crippen LogP contribution is 2.59. The Bertz CT molecular complexity index is 459. The summed E-state index contributed by atoms with van der Waals surface area (Å²) in [4.78, 5) is 8.83. The topological polar surface area (TPSA) is 37.8 Å². The van der Waals surface area contributed by atoms with E-state index in [1.807, 2.05) is 19.2 Å². The van der Waals surface area contributed by atoms with Crippen LogP contribution in [0.5, 0.6) is 0 Å². The van der Waals surface area contributed by atoms with E-state index in [9.17, 15) is 0 Å². The highest BCUT2D eigenvalue weighted by Gasteiger charge is 2.53. The van der Waals surface area contributed by atoms with Crippen LogP contribution in [0.25, 0.3) is 0 Å². The van der Waals surface area contributed by atoms with E-state index >= 15 is 0 Å². The van der Waals surface area contributed by atoms with Crippen LogP contribution in [0.1, 0.15) is 37.8 Å². The van der Waals surface area contributed by atoms with E-state index in [0.29, 0.717) is 6.04 Å². The fraction of sp³-hybridized carbons (Fsp3) is 0.733. The fourth-order valence-corrected chi connectivity index (χ4v) is 4.92. The molecule has 1 N–H and O–H groups in total. The molecule has 1 aromatic rings. The zero-order chi connectivity index (χ0) is 12.1. The van der Waals surface area contributed by atoms with Crippen molar-refractivity contribution >= 4 is 5.95 Å². The second-order valence-electron chi connectivity index (χ2n) is 6.43. The third-order valence-electron chi connectivity index (χ3n) is 5.54. The maximum atomic E-state index is 4.48. The maximum absolute atomic E-state index is 4.48. The third-order valence-corrected chi connectivity index (χ3v) is 5.54. The molecule has 1 aromatic heterocycles. The first-order valence-electron chi connectivity index (χ1n) is 7.37. The van der Waals surface area contributed by atoms with Crippen molar-refractivity contribution in [1.29, 1.82) is 0 Å². The Kier molecular flexibility index (Phi) is 2.36. The van der Waals surface area contributed by atoms with E-state index in [4.69, 9.17) is 0 Å². The number of nitrogens with zero attached hydrogens (tertiary/aromatic N) is 2. The molecule has 3 aliphatic rings. The number of hydrogen-bond acceptors (Lipinski definition) is 3. The summed E-state index contributed by atoms with van der Waals surface area (Å²) in [6.07, 6.45) is 9.10. The Morgan fingerprint density at radius 1 is 1.17 bits per heavy atom. The van der Waals surface area contributed by atoms with Gasteiger partial charge in [0, 0.05) is 17.9 Å². The highest BCUT2D eigenvalue weighted by atomic mass is 15.1. The van der Waals surface area contributed by atoms with Crippen molar-refractivity contribution in [2.24, 2.45) is 23.7 Å². The van der Waals surface area contributed by atoms with Gasteiger partial charge in [0.25, 0.3) is 0 Å². The molecule has 0 radical (unpaired) electrons. The molecule has 5 atom stereocenters. The number of aromatic nitrogens is 2. The average Bonchev–Trinajstić information content (AvgIpc) is 2.99. The fourth-order valence-electron chi connectivity index (χ4n) is 4.92. The van der Waals surface area contributed by atoms with Crippen molar-refractivity contribution in [2.45, 2.75) is 45.1 Å². The number of rotatable bonds is 2. The molecule has 3 fully saturated rings. The lowest BCUT2D eigenvalue weighted by Crippen LogP contribution is -2.34. The molecule has 0 amide bonds.